The number of nitrogens with zero attached hydrogens (tertiary/aromatic N) is 1. The first kappa shape index (κ1) is 13.0. The highest BCUT2D eigenvalue weighted by atomic mass is 16.4. The number of nitrogens with one attached hydrogen (secondary N) is 1. The summed E-state index contributed by atoms with van der Waals surface area (Å²) in [5.41, 5.74) is 2.88. The number of aromatic amines is 1. The van der Waals surface area contributed by atoms with Crippen LogP contribution in [-0.4, -0.2) is 21.0 Å². The Kier molecular flexibility index (Phi) is 3.46. The summed E-state index contributed by atoms with van der Waals surface area (Å²) >= 11 is 0. The third-order valence-corrected chi connectivity index (χ3v) is 3.01. The van der Waals surface area contributed by atoms with Gasteiger partial charge < -0.3 is 10.1 Å². The van der Waals surface area contributed by atoms with Gasteiger partial charge in [0.2, 0.25) is 0 Å². The zero-order chi connectivity index (χ0) is 14.0. The van der Waals surface area contributed by atoms with Gasteiger partial charge >= 0.3 is 5.97 Å². The number of hydrogen-bond acceptors (Lipinski definition) is 3. The van der Waals surface area contributed by atoms with E-state index in [1.165, 1.54) is 6.20 Å². The highest BCUT2D eigenvalue weighted by molar-refractivity contribution is 5.89. The van der Waals surface area contributed by atoms with Gasteiger partial charge in [-0.05, 0) is 25.5 Å². The normalized spacial score (nSPS) is 10.4. The van der Waals surface area contributed by atoms with Crippen LogP contribution in [0.25, 0.3) is 11.1 Å². The lowest BCUT2D eigenvalue weighted by atomic mass is 10.0. The molecule has 2 heterocycles. The number of H-pyrrole nitrogens is 1. The number of pyridine rings is 2. The van der Waals surface area contributed by atoms with Gasteiger partial charge in [0.15, 0.2) is 0 Å². The van der Waals surface area contributed by atoms with Crippen LogP contribution in [-0.2, 0) is 6.42 Å². The second-order valence-corrected chi connectivity index (χ2v) is 4.26. The molecule has 98 valence electrons. The van der Waals surface area contributed by atoms with Gasteiger partial charge in [0.1, 0.15) is 0 Å². The summed E-state index contributed by atoms with van der Waals surface area (Å²) in [6, 6.07) is 3.34. The number of aromatic nitrogens is 2. The van der Waals surface area contributed by atoms with Gasteiger partial charge in [0, 0.05) is 34.8 Å². The maximum atomic E-state index is 11.5. The topological polar surface area (TPSA) is 83.0 Å². The Labute approximate surface area is 110 Å². The van der Waals surface area contributed by atoms with Crippen molar-refractivity contribution in [3.05, 3.63) is 51.7 Å². The van der Waals surface area contributed by atoms with Gasteiger partial charge in [-0.25, -0.2) is 4.79 Å². The van der Waals surface area contributed by atoms with Crippen molar-refractivity contribution in [2.45, 2.75) is 20.3 Å². The molecular weight excluding hydrogens is 244 g/mol. The second kappa shape index (κ2) is 5.06. The molecule has 5 heteroatoms. The summed E-state index contributed by atoms with van der Waals surface area (Å²) in [7, 11) is 0. The first-order chi connectivity index (χ1) is 9.02. The number of aromatic carboxylic acids is 1. The Hall–Kier alpha value is -2.43. The van der Waals surface area contributed by atoms with E-state index in [1.807, 2.05) is 6.92 Å². The van der Waals surface area contributed by atoms with Gasteiger partial charge in [-0.2, -0.15) is 0 Å². The van der Waals surface area contributed by atoms with Gasteiger partial charge in [0.25, 0.3) is 5.56 Å². The van der Waals surface area contributed by atoms with E-state index >= 15 is 0 Å². The number of carboxylic acid groups (broad SMARTS) is 1. The summed E-state index contributed by atoms with van der Waals surface area (Å²) in [5, 5.41) is 8.99. The lowest BCUT2D eigenvalue weighted by Gasteiger charge is -2.07. The molecule has 0 radical (unpaired) electrons. The predicted molar refractivity (Wildman–Crippen MR) is 71.4 cm³/mol. The molecule has 0 aliphatic carbocycles. The molecule has 0 aliphatic rings. The average Bonchev–Trinajstić information content (AvgIpc) is 2.40. The highest BCUT2D eigenvalue weighted by Gasteiger charge is 2.10. The molecule has 2 aromatic rings. The molecule has 2 aromatic heterocycles. The number of carboxylic acids is 1. The number of carbonyl (C=O) groups is 1. The molecular formula is C14H14N2O3. The van der Waals surface area contributed by atoms with Gasteiger partial charge in [-0.3, -0.25) is 9.78 Å². The van der Waals surface area contributed by atoms with Crippen LogP contribution in [0.3, 0.4) is 0 Å². The highest BCUT2D eigenvalue weighted by Crippen LogP contribution is 2.22. The fraction of sp³-hybridized carbons (Fsp3) is 0.214. The zero-order valence-electron chi connectivity index (χ0n) is 10.7. The number of aryl methyl sites for hydroxylation is 2. The molecule has 5 nitrogen and oxygen atoms in total. The lowest BCUT2D eigenvalue weighted by Crippen LogP contribution is -2.11. The smallest absolute Gasteiger partial charge is 0.337 e. The quantitative estimate of drug-likeness (QED) is 0.882. The first-order valence-corrected chi connectivity index (χ1v) is 5.95. The van der Waals surface area contributed by atoms with E-state index in [1.54, 1.807) is 25.3 Å². The Morgan fingerprint density at radius 1 is 1.42 bits per heavy atom. The molecule has 0 saturated heterocycles. The Balaban J connectivity index is 2.61. The van der Waals surface area contributed by atoms with E-state index in [-0.39, 0.29) is 11.1 Å². The van der Waals surface area contributed by atoms with Crippen molar-refractivity contribution in [2.24, 2.45) is 0 Å². The van der Waals surface area contributed by atoms with Crippen LogP contribution in [0.15, 0.2) is 29.3 Å². The summed E-state index contributed by atoms with van der Waals surface area (Å²) < 4.78 is 0. The molecule has 0 spiro atoms. The fourth-order valence-corrected chi connectivity index (χ4v) is 1.89. The molecule has 19 heavy (non-hydrogen) atoms. The molecule has 0 amide bonds. The van der Waals surface area contributed by atoms with Crippen LogP contribution in [0.5, 0.6) is 0 Å². The number of hydrogen-bond donors (Lipinski definition) is 2. The molecule has 0 aromatic carbocycles. The van der Waals surface area contributed by atoms with Crippen molar-refractivity contribution in [3.8, 4) is 11.1 Å². The Morgan fingerprint density at radius 2 is 2.16 bits per heavy atom. The van der Waals surface area contributed by atoms with E-state index in [4.69, 9.17) is 5.11 Å². The van der Waals surface area contributed by atoms with E-state index in [0.717, 1.165) is 11.3 Å². The maximum Gasteiger partial charge on any atom is 0.337 e. The third kappa shape index (κ3) is 2.54. The predicted octanol–water partition coefficient (Wildman–Crippen LogP) is 2.01. The van der Waals surface area contributed by atoms with E-state index in [2.05, 4.69) is 9.97 Å². The van der Waals surface area contributed by atoms with E-state index in [9.17, 15) is 9.59 Å². The summed E-state index contributed by atoms with van der Waals surface area (Å²) in [6.45, 7) is 3.70. The fourth-order valence-electron chi connectivity index (χ4n) is 1.89. The third-order valence-electron chi connectivity index (χ3n) is 3.01. The Bertz CT molecular complexity index is 689. The molecule has 2 N–H and O–H groups in total. The summed E-state index contributed by atoms with van der Waals surface area (Å²) in [5.74, 6) is -1.02. The van der Waals surface area contributed by atoms with Crippen molar-refractivity contribution in [2.75, 3.05) is 0 Å². The number of rotatable bonds is 3. The van der Waals surface area contributed by atoms with Crippen LogP contribution in [0.2, 0.25) is 0 Å². The lowest BCUT2D eigenvalue weighted by molar-refractivity contribution is 0.0696. The van der Waals surface area contributed by atoms with Crippen molar-refractivity contribution in [1.82, 2.24) is 9.97 Å². The molecule has 0 aliphatic heterocycles. The second-order valence-electron chi connectivity index (χ2n) is 4.26. The van der Waals surface area contributed by atoms with Gasteiger partial charge in [-0.15, -0.1) is 0 Å². The minimum absolute atomic E-state index is 0.119. The summed E-state index contributed by atoms with van der Waals surface area (Å²) in [4.78, 5) is 29.2. The molecule has 2 rings (SSSR count). The average molecular weight is 258 g/mol. The molecule has 0 bridgehead atoms. The SMILES string of the molecule is CCc1cc(-c2cc(C(=O)O)cnc2C)c[nH]c1=O. The van der Waals surface area contributed by atoms with Crippen molar-refractivity contribution >= 4 is 5.97 Å². The first-order valence-electron chi connectivity index (χ1n) is 5.95. The van der Waals surface area contributed by atoms with Crippen molar-refractivity contribution in [1.29, 1.82) is 0 Å². The minimum Gasteiger partial charge on any atom is -0.478 e. The molecule has 0 fully saturated rings. The van der Waals surface area contributed by atoms with Crippen LogP contribution < -0.4 is 5.56 Å². The monoisotopic (exact) mass is 258 g/mol. The Morgan fingerprint density at radius 3 is 2.79 bits per heavy atom. The van der Waals surface area contributed by atoms with Crippen LogP contribution in [0, 0.1) is 6.92 Å². The molecule has 0 unspecified atom stereocenters. The van der Waals surface area contributed by atoms with E-state index in [0.29, 0.717) is 17.5 Å². The maximum absolute atomic E-state index is 11.5. The molecule has 0 saturated carbocycles. The zero-order valence-corrected chi connectivity index (χ0v) is 10.7. The van der Waals surface area contributed by atoms with Crippen LogP contribution in [0.4, 0.5) is 0 Å². The van der Waals surface area contributed by atoms with Crippen LogP contribution >= 0.6 is 0 Å². The largest absolute Gasteiger partial charge is 0.478 e. The van der Waals surface area contributed by atoms with Crippen molar-refractivity contribution in [3.63, 3.8) is 0 Å². The molecule has 0 atom stereocenters. The van der Waals surface area contributed by atoms with E-state index < -0.39 is 5.97 Å². The van der Waals surface area contributed by atoms with Crippen molar-refractivity contribution < 1.29 is 9.90 Å². The minimum atomic E-state index is -1.02. The summed E-state index contributed by atoms with van der Waals surface area (Å²) in [6.07, 6.45) is 3.53. The van der Waals surface area contributed by atoms with Gasteiger partial charge in [0.05, 0.1) is 5.56 Å². The van der Waals surface area contributed by atoms with Gasteiger partial charge in [-0.1, -0.05) is 6.92 Å². The van der Waals surface area contributed by atoms with Crippen LogP contribution in [0.1, 0.15) is 28.5 Å². The standard InChI is InChI=1S/C14H14N2O3/c1-3-9-4-10(6-16-13(9)17)12-5-11(14(18)19)7-15-8(12)2/h4-7H,3H2,1-2H3,(H,16,17)(H,18,19).